The maximum Gasteiger partial charge on any atom is 0.314 e. The topological polar surface area (TPSA) is 85.8 Å². The van der Waals surface area contributed by atoms with Crippen LogP contribution >= 0.6 is 0 Å². The number of hydrogen-bond acceptors (Lipinski definition) is 7. The molecule has 158 valence electrons. The van der Waals surface area contributed by atoms with Crippen LogP contribution in [0, 0.1) is 0 Å². The van der Waals surface area contributed by atoms with Crippen molar-refractivity contribution in [2.45, 2.75) is 25.9 Å². The van der Waals surface area contributed by atoms with Crippen molar-refractivity contribution in [3.63, 3.8) is 0 Å². The monoisotopic (exact) mass is 423 g/mol. The Morgan fingerprint density at radius 3 is 2.39 bits per heavy atom. The van der Waals surface area contributed by atoms with Crippen LogP contribution < -0.4 is 0 Å². The third kappa shape index (κ3) is 4.33. The molecule has 0 aliphatic carbocycles. The predicted molar refractivity (Wildman–Crippen MR) is 107 cm³/mol. The van der Waals surface area contributed by atoms with E-state index in [0.717, 1.165) is 23.5 Å². The minimum absolute atomic E-state index is 0.00921. The van der Waals surface area contributed by atoms with Gasteiger partial charge in [-0.2, -0.15) is 8.78 Å². The fourth-order valence-electron chi connectivity index (χ4n) is 3.34. The molecule has 5 rings (SSSR count). The second-order valence-corrected chi connectivity index (χ2v) is 7.41. The van der Waals surface area contributed by atoms with Gasteiger partial charge in [0.1, 0.15) is 5.69 Å². The summed E-state index contributed by atoms with van der Waals surface area (Å²) < 4.78 is 31.8. The molecule has 1 aliphatic rings. The minimum atomic E-state index is -2.80. The van der Waals surface area contributed by atoms with Gasteiger partial charge in [-0.1, -0.05) is 29.5 Å². The molecule has 1 fully saturated rings. The highest BCUT2D eigenvalue weighted by Gasteiger charge is 2.17. The van der Waals surface area contributed by atoms with E-state index in [9.17, 15) is 8.78 Å². The van der Waals surface area contributed by atoms with Gasteiger partial charge in [0.15, 0.2) is 0 Å². The largest absolute Gasteiger partial charge is 0.415 e. The van der Waals surface area contributed by atoms with Crippen LogP contribution in [0.2, 0.25) is 0 Å². The van der Waals surface area contributed by atoms with Gasteiger partial charge < -0.3 is 4.42 Å². The quantitative estimate of drug-likeness (QED) is 0.449. The number of alkyl halides is 2. The van der Waals surface area contributed by atoms with Crippen molar-refractivity contribution in [2.75, 3.05) is 13.1 Å². The average Bonchev–Trinajstić information content (AvgIpc) is 3.42. The van der Waals surface area contributed by atoms with E-state index < -0.39 is 12.3 Å². The van der Waals surface area contributed by atoms with E-state index in [2.05, 4.69) is 54.7 Å². The van der Waals surface area contributed by atoms with E-state index in [1.165, 1.54) is 31.3 Å². The van der Waals surface area contributed by atoms with Gasteiger partial charge in [-0.15, -0.1) is 15.3 Å². The number of likely N-dealkylation sites (tertiary alicyclic amines) is 1. The molecule has 0 atom stereocenters. The molecule has 0 unspecified atom stereocenters. The first kappa shape index (κ1) is 19.4. The zero-order chi connectivity index (χ0) is 21.2. The number of benzene rings is 1. The molecule has 1 aliphatic heterocycles. The van der Waals surface area contributed by atoms with Crippen LogP contribution in [-0.2, 0) is 13.1 Å². The molecule has 4 aromatic rings. The van der Waals surface area contributed by atoms with Crippen molar-refractivity contribution in [1.82, 2.24) is 35.1 Å². The van der Waals surface area contributed by atoms with Crippen molar-refractivity contribution in [1.29, 1.82) is 0 Å². The number of pyridine rings is 1. The summed E-state index contributed by atoms with van der Waals surface area (Å²) in [4.78, 5) is 6.75. The Kier molecular flexibility index (Phi) is 5.21. The van der Waals surface area contributed by atoms with Crippen LogP contribution in [0.5, 0.6) is 0 Å². The van der Waals surface area contributed by atoms with E-state index in [0.29, 0.717) is 12.1 Å². The van der Waals surface area contributed by atoms with Gasteiger partial charge in [0.25, 0.3) is 5.89 Å². The van der Waals surface area contributed by atoms with Crippen LogP contribution in [0.3, 0.4) is 0 Å². The zero-order valence-electron chi connectivity index (χ0n) is 16.5. The second kappa shape index (κ2) is 8.31. The molecule has 8 nitrogen and oxygen atoms in total. The fraction of sp³-hybridized carbons (Fsp3) is 0.286. The average molecular weight is 423 g/mol. The summed E-state index contributed by atoms with van der Waals surface area (Å²) in [6.45, 7) is 3.77. The summed E-state index contributed by atoms with van der Waals surface area (Å²) in [5.74, 6) is -0.697. The standard InChI is InChI=1S/C21H19F2N7O/c22-19(23)21-27-26-20(31-21)16-6-7-17(24-10-16)12-30-13-18(25-28-30)15-4-2-14(3-5-15)11-29-8-1-9-29/h2-7,10,13,19H,1,8-9,11-12H2. The van der Waals surface area contributed by atoms with Gasteiger partial charge in [0, 0.05) is 18.3 Å². The number of rotatable bonds is 7. The van der Waals surface area contributed by atoms with Gasteiger partial charge >= 0.3 is 6.43 Å². The lowest BCUT2D eigenvalue weighted by molar-refractivity contribution is 0.116. The zero-order valence-corrected chi connectivity index (χ0v) is 16.5. The summed E-state index contributed by atoms with van der Waals surface area (Å²) >= 11 is 0. The van der Waals surface area contributed by atoms with E-state index in [4.69, 9.17) is 4.42 Å². The van der Waals surface area contributed by atoms with Crippen LogP contribution in [-0.4, -0.2) is 48.2 Å². The number of halogens is 2. The third-order valence-electron chi connectivity index (χ3n) is 5.17. The molecule has 0 spiro atoms. The number of hydrogen-bond donors (Lipinski definition) is 0. The first-order valence-corrected chi connectivity index (χ1v) is 9.93. The molecule has 0 amide bonds. The van der Waals surface area contributed by atoms with Crippen LogP contribution in [0.15, 0.2) is 53.2 Å². The van der Waals surface area contributed by atoms with E-state index in [1.807, 2.05) is 6.20 Å². The molecule has 3 aromatic heterocycles. The summed E-state index contributed by atoms with van der Waals surface area (Å²) in [6.07, 6.45) is 1.86. The molecule has 1 saturated heterocycles. The maximum atomic E-state index is 12.6. The number of nitrogens with zero attached hydrogens (tertiary/aromatic N) is 7. The van der Waals surface area contributed by atoms with Gasteiger partial charge in [-0.05, 0) is 37.2 Å². The molecule has 1 aromatic carbocycles. The Morgan fingerprint density at radius 1 is 0.935 bits per heavy atom. The predicted octanol–water partition coefficient (Wildman–Crippen LogP) is 3.58. The van der Waals surface area contributed by atoms with Crippen LogP contribution in [0.25, 0.3) is 22.7 Å². The normalized spacial score (nSPS) is 14.2. The van der Waals surface area contributed by atoms with Crippen molar-refractivity contribution in [2.24, 2.45) is 0 Å². The Morgan fingerprint density at radius 2 is 1.74 bits per heavy atom. The Hall–Kier alpha value is -3.53. The van der Waals surface area contributed by atoms with E-state index >= 15 is 0 Å². The van der Waals surface area contributed by atoms with Gasteiger partial charge in [-0.3, -0.25) is 9.88 Å². The molecule has 0 bridgehead atoms. The lowest BCUT2D eigenvalue weighted by atomic mass is 10.1. The second-order valence-electron chi connectivity index (χ2n) is 7.41. The van der Waals surface area contributed by atoms with Gasteiger partial charge in [0.2, 0.25) is 5.89 Å². The third-order valence-corrected chi connectivity index (χ3v) is 5.17. The smallest absolute Gasteiger partial charge is 0.314 e. The molecule has 0 N–H and O–H groups in total. The molecular weight excluding hydrogens is 404 g/mol. The highest BCUT2D eigenvalue weighted by Crippen LogP contribution is 2.23. The van der Waals surface area contributed by atoms with Crippen molar-refractivity contribution in [3.05, 3.63) is 65.9 Å². The van der Waals surface area contributed by atoms with Crippen LogP contribution in [0.4, 0.5) is 8.78 Å². The van der Waals surface area contributed by atoms with E-state index in [1.54, 1.807) is 16.8 Å². The summed E-state index contributed by atoms with van der Waals surface area (Å²) in [5, 5.41) is 15.4. The first-order chi connectivity index (χ1) is 15.1. The molecule has 4 heterocycles. The lowest BCUT2D eigenvalue weighted by Gasteiger charge is -2.30. The summed E-state index contributed by atoms with van der Waals surface area (Å²) in [6, 6.07) is 11.8. The molecule has 0 saturated carbocycles. The Bertz CT molecular complexity index is 1150. The number of aromatic nitrogens is 6. The van der Waals surface area contributed by atoms with Gasteiger partial charge in [-0.25, -0.2) is 4.68 Å². The Balaban J connectivity index is 1.23. The summed E-state index contributed by atoms with van der Waals surface area (Å²) in [5.41, 5.74) is 4.30. The van der Waals surface area contributed by atoms with Crippen molar-refractivity contribution >= 4 is 0 Å². The highest BCUT2D eigenvalue weighted by atomic mass is 19.3. The van der Waals surface area contributed by atoms with E-state index in [-0.39, 0.29) is 5.89 Å². The van der Waals surface area contributed by atoms with Crippen LogP contribution in [0.1, 0.15) is 30.0 Å². The SMILES string of the molecule is FC(F)c1nnc(-c2ccc(Cn3cc(-c4ccc(CN5CCC5)cc4)nn3)nc2)o1. The molecule has 10 heteroatoms. The van der Waals surface area contributed by atoms with Crippen molar-refractivity contribution < 1.29 is 13.2 Å². The highest BCUT2D eigenvalue weighted by molar-refractivity contribution is 5.58. The summed E-state index contributed by atoms with van der Waals surface area (Å²) in [7, 11) is 0. The van der Waals surface area contributed by atoms with Gasteiger partial charge in [0.05, 0.1) is 24.0 Å². The Labute approximate surface area is 176 Å². The van der Waals surface area contributed by atoms with Crippen molar-refractivity contribution in [3.8, 4) is 22.7 Å². The molecule has 31 heavy (non-hydrogen) atoms. The lowest BCUT2D eigenvalue weighted by Crippen LogP contribution is -2.36. The molecule has 0 radical (unpaired) electrons. The minimum Gasteiger partial charge on any atom is -0.415 e. The first-order valence-electron chi connectivity index (χ1n) is 9.93. The maximum absolute atomic E-state index is 12.6. The molecular formula is C21H19F2N7O. The fourth-order valence-corrected chi connectivity index (χ4v) is 3.34.